The highest BCUT2D eigenvalue weighted by Crippen LogP contribution is 2.40. The number of allylic oxidation sites excluding steroid dienone is 5. The van der Waals surface area contributed by atoms with Crippen molar-refractivity contribution in [3.8, 4) is 0 Å². The van der Waals surface area contributed by atoms with Crippen LogP contribution in [0.3, 0.4) is 0 Å². The van der Waals surface area contributed by atoms with Crippen LogP contribution in [-0.2, 0) is 23.4 Å². The van der Waals surface area contributed by atoms with Crippen LogP contribution in [0.1, 0.15) is 108 Å². The SMILES string of the molecule is C=C/C=C\[C@H](C)[C@@H]1OC(=O)/C=C\C=C\[C@@H](C)[C@@H]2C[C@@H](/C=C\[C@H](C)C[C@@H](C)C[C@@H](C)CC[C@@H](O[Si](C)(C)C(C)(C)C)[C@@H]1C)OC(C)(C)O2. The minimum Gasteiger partial charge on any atom is -0.458 e. The molecule has 2 bridgehead atoms. The average Bonchev–Trinajstić information content (AvgIpc) is 2.95. The second kappa shape index (κ2) is 18.3. The van der Waals surface area contributed by atoms with Gasteiger partial charge in [0.2, 0.25) is 0 Å². The molecule has 0 aromatic rings. The van der Waals surface area contributed by atoms with E-state index in [0.29, 0.717) is 17.8 Å². The highest BCUT2D eigenvalue weighted by molar-refractivity contribution is 6.74. The molecular weight excluding hydrogens is 601 g/mol. The predicted octanol–water partition coefficient (Wildman–Crippen LogP) is 11.0. The summed E-state index contributed by atoms with van der Waals surface area (Å²) in [5, 5.41) is 0.0778. The molecule has 5 nitrogen and oxygen atoms in total. The Morgan fingerprint density at radius 3 is 2.28 bits per heavy atom. The fourth-order valence-electron chi connectivity index (χ4n) is 6.82. The number of rotatable bonds is 5. The van der Waals surface area contributed by atoms with Gasteiger partial charge in [0.15, 0.2) is 14.1 Å². The minimum absolute atomic E-state index is 0.000862. The Bertz CT molecular complexity index is 1100. The van der Waals surface area contributed by atoms with Gasteiger partial charge in [-0.2, -0.15) is 0 Å². The summed E-state index contributed by atoms with van der Waals surface area (Å²) in [6.45, 7) is 33.0. The lowest BCUT2D eigenvalue weighted by Crippen LogP contribution is -2.48. The van der Waals surface area contributed by atoms with Crippen LogP contribution < -0.4 is 0 Å². The third kappa shape index (κ3) is 14.0. The molecule has 0 amide bonds. The molecule has 0 aromatic heterocycles. The van der Waals surface area contributed by atoms with Crippen molar-refractivity contribution in [3.63, 3.8) is 0 Å². The van der Waals surface area contributed by atoms with Crippen molar-refractivity contribution in [3.05, 3.63) is 61.3 Å². The van der Waals surface area contributed by atoms with Gasteiger partial charge in [0.05, 0.1) is 18.3 Å². The van der Waals surface area contributed by atoms with E-state index in [2.05, 4.69) is 106 Å². The van der Waals surface area contributed by atoms with Gasteiger partial charge in [-0.3, -0.25) is 0 Å². The first kappa shape index (κ1) is 41.4. The number of hydrogen-bond donors (Lipinski definition) is 0. The molecule has 0 aromatic carbocycles. The van der Waals surface area contributed by atoms with E-state index in [1.165, 1.54) is 12.5 Å². The Hall–Kier alpha value is -1.73. The van der Waals surface area contributed by atoms with Gasteiger partial charge in [0.1, 0.15) is 6.10 Å². The Morgan fingerprint density at radius 1 is 0.957 bits per heavy atom. The van der Waals surface area contributed by atoms with E-state index in [0.717, 1.165) is 25.7 Å². The molecule has 1 saturated heterocycles. The number of cyclic esters (lactones) is 1. The summed E-state index contributed by atoms with van der Waals surface area (Å²) in [6.07, 6.45) is 22.6. The highest BCUT2D eigenvalue weighted by atomic mass is 28.4. The lowest BCUT2D eigenvalue weighted by Gasteiger charge is -2.43. The van der Waals surface area contributed by atoms with Gasteiger partial charge in [0, 0.05) is 30.3 Å². The molecule has 1 fully saturated rings. The smallest absolute Gasteiger partial charge is 0.331 e. The fourth-order valence-corrected chi connectivity index (χ4v) is 8.27. The van der Waals surface area contributed by atoms with E-state index in [1.54, 1.807) is 12.2 Å². The van der Waals surface area contributed by atoms with Crippen LogP contribution in [0.4, 0.5) is 0 Å². The molecule has 0 saturated carbocycles. The first-order valence-corrected chi connectivity index (χ1v) is 21.2. The second-order valence-electron chi connectivity index (χ2n) is 16.8. The number of fused-ring (bicyclic) bond motifs is 2. The number of carbonyl (C=O) groups is 1. The zero-order valence-corrected chi connectivity index (χ0v) is 33.3. The first-order valence-electron chi connectivity index (χ1n) is 18.3. The molecular formula is C41H70O5Si. The Kier molecular flexibility index (Phi) is 16.1. The number of carbonyl (C=O) groups excluding carboxylic acids is 1. The maximum Gasteiger partial charge on any atom is 0.331 e. The summed E-state index contributed by atoms with van der Waals surface area (Å²) in [7, 11) is -2.09. The third-order valence-corrected chi connectivity index (χ3v) is 15.0. The molecule has 0 radical (unpaired) electrons. The molecule has 0 aliphatic carbocycles. The van der Waals surface area contributed by atoms with Crippen LogP contribution in [0, 0.1) is 35.5 Å². The summed E-state index contributed by atoms with van der Waals surface area (Å²) in [6, 6.07) is 0. The number of hydrogen-bond acceptors (Lipinski definition) is 5. The van der Waals surface area contributed by atoms with Gasteiger partial charge in [-0.25, -0.2) is 4.79 Å². The summed E-state index contributed by atoms with van der Waals surface area (Å²) >= 11 is 0. The Labute approximate surface area is 290 Å². The molecule has 2 aliphatic heterocycles. The van der Waals surface area contributed by atoms with Crippen LogP contribution in [0.15, 0.2) is 61.3 Å². The van der Waals surface area contributed by atoms with Gasteiger partial charge in [-0.15, -0.1) is 0 Å². The predicted molar refractivity (Wildman–Crippen MR) is 201 cm³/mol. The van der Waals surface area contributed by atoms with Crippen molar-refractivity contribution in [2.75, 3.05) is 0 Å². The molecule has 10 atom stereocenters. The van der Waals surface area contributed by atoms with Crippen molar-refractivity contribution in [1.82, 2.24) is 0 Å². The van der Waals surface area contributed by atoms with Gasteiger partial charge >= 0.3 is 5.97 Å². The van der Waals surface area contributed by atoms with Crippen molar-refractivity contribution in [2.45, 2.75) is 157 Å². The fraction of sp³-hybridized carbons (Fsp3) is 0.732. The van der Waals surface area contributed by atoms with E-state index in [9.17, 15) is 4.79 Å². The maximum atomic E-state index is 13.3. The molecule has 2 aliphatic rings. The maximum absolute atomic E-state index is 13.3. The monoisotopic (exact) mass is 670 g/mol. The molecule has 0 spiro atoms. The summed E-state index contributed by atoms with van der Waals surface area (Å²) in [5.41, 5.74) is 0. The van der Waals surface area contributed by atoms with E-state index in [1.807, 2.05) is 26.0 Å². The molecule has 268 valence electrons. The van der Waals surface area contributed by atoms with E-state index in [4.69, 9.17) is 18.6 Å². The zero-order valence-electron chi connectivity index (χ0n) is 32.3. The van der Waals surface area contributed by atoms with Crippen LogP contribution >= 0.6 is 0 Å². The van der Waals surface area contributed by atoms with Gasteiger partial charge < -0.3 is 18.6 Å². The van der Waals surface area contributed by atoms with Crippen molar-refractivity contribution in [1.29, 1.82) is 0 Å². The van der Waals surface area contributed by atoms with Crippen LogP contribution in [-0.4, -0.2) is 44.5 Å². The molecule has 0 unspecified atom stereocenters. The lowest BCUT2D eigenvalue weighted by atomic mass is 9.83. The highest BCUT2D eigenvalue weighted by Gasteiger charge is 2.42. The van der Waals surface area contributed by atoms with Gasteiger partial charge in [-0.05, 0) is 75.4 Å². The molecule has 2 heterocycles. The Morgan fingerprint density at radius 2 is 1.64 bits per heavy atom. The molecule has 6 heteroatoms. The van der Waals surface area contributed by atoms with E-state index in [-0.39, 0.29) is 53.2 Å². The number of esters is 1. The first-order chi connectivity index (χ1) is 21.7. The van der Waals surface area contributed by atoms with Crippen molar-refractivity contribution in [2.24, 2.45) is 35.5 Å². The summed E-state index contributed by atoms with van der Waals surface area (Å²) < 4.78 is 26.1. The summed E-state index contributed by atoms with van der Waals surface area (Å²) in [4.78, 5) is 13.3. The van der Waals surface area contributed by atoms with E-state index >= 15 is 0 Å². The molecule has 0 N–H and O–H groups in total. The standard InChI is InChI=1S/C41H70O5Si/c1-15-16-19-33(6)39-34(7)36(46-47(13,14)40(8,9)10)25-23-30(3)27-31(4)26-29(2)22-24-35-28-37(45-41(11,12)44-35)32(5)20-17-18-21-38(42)43-39/h15-22,24,29-37,39H,1,23,25-28H2,2-14H3/b19-16-,20-17+,21-18-,24-22-/t29-,30-,31+,32+,33-,34-,35+,36+,37-,39-/m0/s1. The van der Waals surface area contributed by atoms with Crippen LogP contribution in [0.5, 0.6) is 0 Å². The average molecular weight is 671 g/mol. The topological polar surface area (TPSA) is 54.0 Å². The van der Waals surface area contributed by atoms with Gasteiger partial charge in [-0.1, -0.05) is 118 Å². The largest absolute Gasteiger partial charge is 0.458 e. The second-order valence-corrected chi connectivity index (χ2v) is 21.6. The quantitative estimate of drug-likeness (QED) is 0.126. The lowest BCUT2D eigenvalue weighted by molar-refractivity contribution is -0.295. The van der Waals surface area contributed by atoms with Crippen molar-refractivity contribution < 1.29 is 23.4 Å². The minimum atomic E-state index is -2.09. The Balaban J connectivity index is 2.46. The molecule has 2 rings (SSSR count). The van der Waals surface area contributed by atoms with Crippen molar-refractivity contribution >= 4 is 14.3 Å². The summed E-state index contributed by atoms with van der Waals surface area (Å²) in [5.74, 6) is 0.806. The normalized spacial score (nSPS) is 36.7. The molecule has 47 heavy (non-hydrogen) atoms. The van der Waals surface area contributed by atoms with E-state index < -0.39 is 14.1 Å². The third-order valence-electron chi connectivity index (χ3n) is 10.5. The number of ether oxygens (including phenoxy) is 3. The zero-order chi connectivity index (χ0) is 35.6. The van der Waals surface area contributed by atoms with Gasteiger partial charge in [0.25, 0.3) is 0 Å². The van der Waals surface area contributed by atoms with Crippen LogP contribution in [0.2, 0.25) is 18.1 Å². The van der Waals surface area contributed by atoms with Crippen LogP contribution in [0.25, 0.3) is 0 Å².